The van der Waals surface area contributed by atoms with Crippen LogP contribution in [0.1, 0.15) is 13.8 Å². The molecule has 0 saturated carbocycles. The Morgan fingerprint density at radius 3 is 2.00 bits per heavy atom. The first-order chi connectivity index (χ1) is 4.31. The molecule has 0 aliphatic carbocycles. The molecule has 0 aliphatic rings. The molecule has 0 aromatic rings. The Balaban J connectivity index is 0. The molecule has 3 nitrogen and oxygen atoms in total. The summed E-state index contributed by atoms with van der Waals surface area (Å²) in [6, 6.07) is 0. The van der Waals surface area contributed by atoms with Crippen LogP contribution in [0.2, 0.25) is 0 Å². The van der Waals surface area contributed by atoms with Crippen molar-refractivity contribution in [1.29, 1.82) is 0 Å². The number of hydrogen-bond acceptors (Lipinski definition) is 3. The van der Waals surface area contributed by atoms with Gasteiger partial charge in [-0.2, -0.15) is 0 Å². The third-order valence-corrected chi connectivity index (χ3v) is 1.59. The van der Waals surface area contributed by atoms with Gasteiger partial charge in [0.15, 0.2) is 6.16 Å². The minimum absolute atomic E-state index is 0.559. The van der Waals surface area contributed by atoms with Gasteiger partial charge in [-0.05, 0) is 18.4 Å². The van der Waals surface area contributed by atoms with Crippen LogP contribution < -0.4 is 0 Å². The molecular formula is C4H11AlO3P+. The van der Waals surface area contributed by atoms with Crippen LogP contribution in [0.15, 0.2) is 0 Å². The fourth-order valence-corrected chi connectivity index (χ4v) is 0.706. The first kappa shape index (κ1) is 12.1. The maximum absolute atomic E-state index is 10.3. The summed E-state index contributed by atoms with van der Waals surface area (Å²) in [7, 11) is -1.33. The molecule has 52 valence electrons. The molecule has 0 rings (SSSR count). The van der Waals surface area contributed by atoms with Crippen molar-refractivity contribution in [2.24, 2.45) is 0 Å². The summed E-state index contributed by atoms with van der Waals surface area (Å²) in [6.07, 6.45) is 0.628. The molecular weight excluding hydrogens is 154 g/mol. The molecule has 0 N–H and O–H groups in total. The molecule has 1 unspecified atom stereocenters. The van der Waals surface area contributed by atoms with Crippen LogP contribution in [-0.2, 0) is 12.9 Å². The van der Waals surface area contributed by atoms with Gasteiger partial charge >= 0.3 is 28.1 Å². The van der Waals surface area contributed by atoms with Crippen molar-refractivity contribution in [2.75, 3.05) is 12.8 Å². The maximum atomic E-state index is 10.3. The Morgan fingerprint density at radius 1 is 1.44 bits per heavy atom. The van der Waals surface area contributed by atoms with Gasteiger partial charge < -0.3 is 0 Å². The topological polar surface area (TPSA) is 43.4 Å². The van der Waals surface area contributed by atoms with Gasteiger partial charge in [-0.15, -0.1) is 4.52 Å². The third kappa shape index (κ3) is 11.8. The average molecular weight is 165 g/mol. The molecule has 0 bridgehead atoms. The van der Waals surface area contributed by atoms with Crippen molar-refractivity contribution in [3.8, 4) is 0 Å². The van der Waals surface area contributed by atoms with Crippen LogP contribution >= 0.6 is 8.03 Å². The average Bonchev–Trinajstić information content (AvgIpc) is 1.93. The van der Waals surface area contributed by atoms with E-state index in [0.29, 0.717) is 29.0 Å². The summed E-state index contributed by atoms with van der Waals surface area (Å²) in [4.78, 5) is 0. The van der Waals surface area contributed by atoms with Crippen molar-refractivity contribution in [3.05, 3.63) is 0 Å². The van der Waals surface area contributed by atoms with E-state index in [4.69, 9.17) is 8.33 Å². The fraction of sp³-hybridized carbons (Fsp3) is 1.00. The van der Waals surface area contributed by atoms with E-state index in [0.717, 1.165) is 0 Å². The predicted octanol–water partition coefficient (Wildman–Crippen LogP) is 1.02. The zero-order valence-corrected chi connectivity index (χ0v) is 8.10. The van der Waals surface area contributed by atoms with Crippen LogP contribution in [0, 0.1) is 0 Å². The van der Waals surface area contributed by atoms with Crippen LogP contribution in [0.5, 0.6) is 0 Å². The number of hydrogen-bond donors (Lipinski definition) is 0. The van der Waals surface area contributed by atoms with Gasteiger partial charge in [0.1, 0.15) is 0 Å². The van der Waals surface area contributed by atoms with E-state index < -0.39 is 8.03 Å². The van der Waals surface area contributed by atoms with Crippen LogP contribution in [0.4, 0.5) is 0 Å². The first-order valence-corrected chi connectivity index (χ1v) is 4.61. The van der Waals surface area contributed by atoms with E-state index in [2.05, 4.69) is 0 Å². The zero-order chi connectivity index (χ0) is 7.70. The van der Waals surface area contributed by atoms with E-state index in [-0.39, 0.29) is 0 Å². The monoisotopic (exact) mass is 165 g/mol. The second-order valence-corrected chi connectivity index (χ2v) is 2.62. The summed E-state index contributed by atoms with van der Waals surface area (Å²) >= 11 is 0.611. The first-order valence-electron chi connectivity index (χ1n) is 2.67. The summed E-state index contributed by atoms with van der Waals surface area (Å²) in [5, 5.41) is 0. The minimum atomic E-state index is -1.33. The molecule has 0 aromatic heterocycles. The molecule has 0 aliphatic heterocycles. The van der Waals surface area contributed by atoms with Gasteiger partial charge in [0.2, 0.25) is 0 Å². The second-order valence-electron chi connectivity index (χ2n) is 1.07. The Kier molecular flexibility index (Phi) is 15.1. The van der Waals surface area contributed by atoms with E-state index in [1.165, 1.54) is 0 Å². The Hall–Kier alpha value is 0.392. The SMILES string of the molecule is CCO[P+](=O)CC.[O]=[AlH]. The molecule has 1 atom stereocenters. The predicted molar refractivity (Wildman–Crippen MR) is 37.6 cm³/mol. The van der Waals surface area contributed by atoms with E-state index >= 15 is 0 Å². The van der Waals surface area contributed by atoms with Gasteiger partial charge in [-0.25, -0.2) is 0 Å². The normalized spacial score (nSPS) is 9.22. The van der Waals surface area contributed by atoms with E-state index in [1.54, 1.807) is 0 Å². The molecule has 5 heteroatoms. The van der Waals surface area contributed by atoms with Crippen molar-refractivity contribution >= 4 is 24.3 Å². The zero-order valence-electron chi connectivity index (χ0n) is 5.79. The quantitative estimate of drug-likeness (QED) is 0.463. The van der Waals surface area contributed by atoms with Crippen molar-refractivity contribution < 1.29 is 12.9 Å². The van der Waals surface area contributed by atoms with Gasteiger partial charge in [0.25, 0.3) is 0 Å². The summed E-state index contributed by atoms with van der Waals surface area (Å²) in [6.45, 7) is 4.24. The molecule has 0 saturated heterocycles. The van der Waals surface area contributed by atoms with Crippen molar-refractivity contribution in [3.63, 3.8) is 0 Å². The second kappa shape index (κ2) is 11.2. The molecule has 0 fully saturated rings. The molecule has 0 amide bonds. The standard InChI is InChI=1S/C4H10O2P.Al.O.H/c1-3-6-7(5)4-2;;;/h3-4H2,1-2H3;;;/q+1;;;. The Morgan fingerprint density at radius 2 is 1.89 bits per heavy atom. The summed E-state index contributed by atoms with van der Waals surface area (Å²) in [5.74, 6) is 0. The van der Waals surface area contributed by atoms with Gasteiger partial charge in [0.05, 0.1) is 6.61 Å². The van der Waals surface area contributed by atoms with E-state index in [9.17, 15) is 4.57 Å². The summed E-state index contributed by atoms with van der Waals surface area (Å²) in [5.41, 5.74) is 0. The van der Waals surface area contributed by atoms with Crippen LogP contribution in [0.25, 0.3) is 0 Å². The number of rotatable bonds is 3. The molecule has 9 heavy (non-hydrogen) atoms. The Bertz CT molecular complexity index is 78.2. The molecule has 0 heterocycles. The van der Waals surface area contributed by atoms with Crippen LogP contribution in [-0.4, -0.2) is 29.0 Å². The molecule has 0 spiro atoms. The van der Waals surface area contributed by atoms with Gasteiger partial charge in [0, 0.05) is 0 Å². The van der Waals surface area contributed by atoms with Gasteiger partial charge in [-0.1, -0.05) is 0 Å². The fourth-order valence-electron chi connectivity index (χ4n) is 0.235. The summed E-state index contributed by atoms with van der Waals surface area (Å²) < 4.78 is 23.3. The van der Waals surface area contributed by atoms with E-state index in [1.807, 2.05) is 13.8 Å². The Labute approximate surface area is 64.3 Å². The van der Waals surface area contributed by atoms with Crippen molar-refractivity contribution in [2.45, 2.75) is 13.8 Å². The van der Waals surface area contributed by atoms with Gasteiger partial charge in [-0.3, -0.25) is 0 Å². The third-order valence-electron chi connectivity index (χ3n) is 0.531. The van der Waals surface area contributed by atoms with Crippen LogP contribution in [0.3, 0.4) is 0 Å². The molecule has 0 aromatic carbocycles. The van der Waals surface area contributed by atoms with Crippen molar-refractivity contribution in [1.82, 2.24) is 0 Å². The molecule has 0 radical (unpaired) electrons.